The van der Waals surface area contributed by atoms with Crippen LogP contribution in [-0.4, -0.2) is 17.0 Å². The van der Waals surface area contributed by atoms with E-state index in [1.165, 1.54) is 12.1 Å². The van der Waals surface area contributed by atoms with Crippen molar-refractivity contribution in [2.75, 3.05) is 7.05 Å². The van der Waals surface area contributed by atoms with Crippen molar-refractivity contribution in [3.05, 3.63) is 62.9 Å². The van der Waals surface area contributed by atoms with Gasteiger partial charge in [-0.3, -0.25) is 15.1 Å². The van der Waals surface area contributed by atoms with Crippen LogP contribution in [0.2, 0.25) is 5.02 Å². The van der Waals surface area contributed by atoms with Crippen molar-refractivity contribution in [2.24, 2.45) is 0 Å². The van der Waals surface area contributed by atoms with E-state index in [4.69, 9.17) is 16.3 Å². The molecule has 0 radical (unpaired) electrons. The Morgan fingerprint density at radius 1 is 1.38 bits per heavy atom. The first-order valence-electron chi connectivity index (χ1n) is 6.25. The lowest BCUT2D eigenvalue weighted by Crippen LogP contribution is -2.08. The van der Waals surface area contributed by atoms with Crippen molar-refractivity contribution in [3.8, 4) is 5.75 Å². The molecular weight excluding hydrogens is 294 g/mol. The fourth-order valence-corrected chi connectivity index (χ4v) is 2.00. The molecule has 0 spiro atoms. The maximum absolute atomic E-state index is 10.8. The smallest absolute Gasteiger partial charge is 0.270 e. The number of nitro benzene ring substituents is 1. The van der Waals surface area contributed by atoms with E-state index in [1.807, 2.05) is 0 Å². The molecule has 0 aliphatic rings. The fraction of sp³-hybridized carbons (Fsp3) is 0.214. The molecule has 0 fully saturated rings. The molecule has 1 aromatic heterocycles. The number of halogens is 1. The van der Waals surface area contributed by atoms with Gasteiger partial charge < -0.3 is 10.1 Å². The number of pyridine rings is 1. The van der Waals surface area contributed by atoms with E-state index in [0.29, 0.717) is 17.3 Å². The minimum absolute atomic E-state index is 0.0366. The molecule has 0 atom stereocenters. The number of benzene rings is 1. The summed E-state index contributed by atoms with van der Waals surface area (Å²) in [6.45, 7) is 0.747. The van der Waals surface area contributed by atoms with Gasteiger partial charge in [-0.2, -0.15) is 0 Å². The zero-order chi connectivity index (χ0) is 15.2. The Morgan fingerprint density at radius 2 is 2.19 bits per heavy atom. The summed E-state index contributed by atoms with van der Waals surface area (Å²) in [6.07, 6.45) is 3.18. The standard InChI is InChI=1S/C14H14ClN3O3/c1-16-7-11-6-12(18(19)20)2-3-14(11)21-9-10-4-5-17-8-13(10)15/h2-6,8,16H,7,9H2,1H3. The van der Waals surface area contributed by atoms with Gasteiger partial charge in [0.2, 0.25) is 0 Å². The Hall–Kier alpha value is -2.18. The van der Waals surface area contributed by atoms with Crippen molar-refractivity contribution in [1.82, 2.24) is 10.3 Å². The highest BCUT2D eigenvalue weighted by molar-refractivity contribution is 6.31. The molecule has 0 unspecified atom stereocenters. The monoisotopic (exact) mass is 307 g/mol. The van der Waals surface area contributed by atoms with E-state index in [-0.39, 0.29) is 12.3 Å². The number of non-ortho nitro benzene ring substituents is 1. The SMILES string of the molecule is CNCc1cc([N+](=O)[O-])ccc1OCc1ccncc1Cl. The number of hydrogen-bond acceptors (Lipinski definition) is 5. The highest BCUT2D eigenvalue weighted by Crippen LogP contribution is 2.25. The first-order chi connectivity index (χ1) is 10.1. The first kappa shape index (κ1) is 15.2. The largest absolute Gasteiger partial charge is 0.489 e. The molecule has 0 saturated heterocycles. The average Bonchev–Trinajstić information content (AvgIpc) is 2.47. The molecule has 7 heteroatoms. The Morgan fingerprint density at radius 3 is 2.86 bits per heavy atom. The summed E-state index contributed by atoms with van der Waals surface area (Å²) in [5.41, 5.74) is 1.56. The van der Waals surface area contributed by atoms with E-state index in [2.05, 4.69) is 10.3 Å². The second-order valence-corrected chi connectivity index (χ2v) is 4.74. The number of aromatic nitrogens is 1. The minimum atomic E-state index is -0.428. The van der Waals surface area contributed by atoms with Crippen LogP contribution in [0.1, 0.15) is 11.1 Å². The first-order valence-corrected chi connectivity index (χ1v) is 6.62. The maximum Gasteiger partial charge on any atom is 0.270 e. The molecule has 0 amide bonds. The lowest BCUT2D eigenvalue weighted by atomic mass is 10.1. The molecular formula is C14H14ClN3O3. The van der Waals surface area contributed by atoms with Crippen LogP contribution in [0.4, 0.5) is 5.69 Å². The predicted octanol–water partition coefficient (Wildman–Crippen LogP) is 2.94. The number of hydrogen-bond donors (Lipinski definition) is 1. The molecule has 1 N–H and O–H groups in total. The Kier molecular flexibility index (Phi) is 5.08. The van der Waals surface area contributed by atoms with Gasteiger partial charge in [-0.15, -0.1) is 0 Å². The molecule has 2 aromatic rings. The van der Waals surface area contributed by atoms with E-state index < -0.39 is 4.92 Å². The van der Waals surface area contributed by atoms with E-state index in [0.717, 1.165) is 11.1 Å². The Bertz CT molecular complexity index is 649. The predicted molar refractivity (Wildman–Crippen MR) is 79.4 cm³/mol. The third-order valence-corrected chi connectivity index (χ3v) is 3.20. The lowest BCUT2D eigenvalue weighted by Gasteiger charge is -2.12. The van der Waals surface area contributed by atoms with Crippen LogP contribution in [0.3, 0.4) is 0 Å². The third-order valence-electron chi connectivity index (χ3n) is 2.86. The van der Waals surface area contributed by atoms with Gasteiger partial charge in [0.25, 0.3) is 5.69 Å². The molecule has 1 heterocycles. The molecule has 0 saturated carbocycles. The van der Waals surface area contributed by atoms with Gasteiger partial charge in [0.1, 0.15) is 12.4 Å². The lowest BCUT2D eigenvalue weighted by molar-refractivity contribution is -0.384. The summed E-state index contributed by atoms with van der Waals surface area (Å²) in [5.74, 6) is 0.586. The second-order valence-electron chi connectivity index (χ2n) is 4.34. The van der Waals surface area contributed by atoms with Crippen molar-refractivity contribution < 1.29 is 9.66 Å². The number of nitro groups is 1. The summed E-state index contributed by atoms with van der Waals surface area (Å²) in [7, 11) is 1.77. The summed E-state index contributed by atoms with van der Waals surface area (Å²) in [5, 5.41) is 14.3. The number of nitrogens with zero attached hydrogens (tertiary/aromatic N) is 2. The van der Waals surface area contributed by atoms with E-state index in [9.17, 15) is 10.1 Å². The van der Waals surface area contributed by atoms with Crippen molar-refractivity contribution in [3.63, 3.8) is 0 Å². The summed E-state index contributed by atoms with van der Waals surface area (Å²) >= 11 is 6.01. The Labute approximate surface area is 126 Å². The van der Waals surface area contributed by atoms with E-state index >= 15 is 0 Å². The van der Waals surface area contributed by atoms with Gasteiger partial charge in [-0.25, -0.2) is 0 Å². The molecule has 110 valence electrons. The summed E-state index contributed by atoms with van der Waals surface area (Å²) in [4.78, 5) is 14.3. The van der Waals surface area contributed by atoms with Crippen LogP contribution in [0.25, 0.3) is 0 Å². The fourth-order valence-electron chi connectivity index (χ4n) is 1.83. The highest BCUT2D eigenvalue weighted by Gasteiger charge is 2.12. The van der Waals surface area contributed by atoms with E-state index in [1.54, 1.807) is 31.6 Å². The topological polar surface area (TPSA) is 77.3 Å². The third kappa shape index (κ3) is 3.90. The number of rotatable bonds is 6. The summed E-state index contributed by atoms with van der Waals surface area (Å²) < 4.78 is 5.72. The number of nitrogens with one attached hydrogen (secondary N) is 1. The molecule has 1 aromatic carbocycles. The molecule has 21 heavy (non-hydrogen) atoms. The van der Waals surface area contributed by atoms with Gasteiger partial charge >= 0.3 is 0 Å². The van der Waals surface area contributed by atoms with Gasteiger partial charge in [0.15, 0.2) is 0 Å². The zero-order valence-corrected chi connectivity index (χ0v) is 12.1. The highest BCUT2D eigenvalue weighted by atomic mass is 35.5. The van der Waals surface area contributed by atoms with Crippen molar-refractivity contribution >= 4 is 17.3 Å². The van der Waals surface area contributed by atoms with Crippen LogP contribution >= 0.6 is 11.6 Å². The van der Waals surface area contributed by atoms with Crippen LogP contribution in [-0.2, 0) is 13.2 Å². The van der Waals surface area contributed by atoms with Gasteiger partial charge in [-0.1, -0.05) is 11.6 Å². The zero-order valence-electron chi connectivity index (χ0n) is 11.4. The summed E-state index contributed by atoms with van der Waals surface area (Å²) in [6, 6.07) is 6.29. The molecule has 6 nitrogen and oxygen atoms in total. The van der Waals surface area contributed by atoms with Crippen LogP contribution in [0.5, 0.6) is 5.75 Å². The molecule has 2 rings (SSSR count). The molecule has 0 aliphatic heterocycles. The number of ether oxygens (including phenoxy) is 1. The quantitative estimate of drug-likeness (QED) is 0.656. The van der Waals surface area contributed by atoms with Gasteiger partial charge in [0, 0.05) is 42.2 Å². The van der Waals surface area contributed by atoms with Gasteiger partial charge in [-0.05, 0) is 19.2 Å². The van der Waals surface area contributed by atoms with Crippen LogP contribution in [0, 0.1) is 10.1 Å². The average molecular weight is 308 g/mol. The van der Waals surface area contributed by atoms with Crippen molar-refractivity contribution in [1.29, 1.82) is 0 Å². The Balaban J connectivity index is 2.19. The van der Waals surface area contributed by atoms with Crippen LogP contribution < -0.4 is 10.1 Å². The molecule has 0 aliphatic carbocycles. The minimum Gasteiger partial charge on any atom is -0.489 e. The van der Waals surface area contributed by atoms with Crippen molar-refractivity contribution in [2.45, 2.75) is 13.2 Å². The van der Waals surface area contributed by atoms with Crippen LogP contribution in [0.15, 0.2) is 36.7 Å². The second kappa shape index (κ2) is 7.01. The maximum atomic E-state index is 10.8. The normalized spacial score (nSPS) is 10.4. The van der Waals surface area contributed by atoms with Gasteiger partial charge in [0.05, 0.1) is 9.95 Å². The molecule has 0 bridgehead atoms.